The number of carbonyl (C=O) groups is 1. The van der Waals surface area contributed by atoms with Crippen molar-refractivity contribution < 1.29 is 14.3 Å². The zero-order chi connectivity index (χ0) is 20.7. The van der Waals surface area contributed by atoms with Gasteiger partial charge in [-0.05, 0) is 53.5 Å². The molecule has 6 heteroatoms. The summed E-state index contributed by atoms with van der Waals surface area (Å²) in [5, 5.41) is 9.67. The lowest BCUT2D eigenvalue weighted by Gasteiger charge is -2.36. The van der Waals surface area contributed by atoms with Crippen molar-refractivity contribution >= 4 is 20.0 Å². The van der Waals surface area contributed by atoms with Crippen molar-refractivity contribution in [3.8, 4) is 0 Å². The van der Waals surface area contributed by atoms with Gasteiger partial charge < -0.3 is 14.4 Å². The molecule has 1 aromatic heterocycles. The standard InChI is InChI=1S/C22H30N2O3Si/c1-22(2,3)28(5,6)27-14-15-10-11-23-18(12-15)20-13-17-16(21(25)26)8-7-9-19(17)24(20)4/h7-12,20H,13-14H2,1-6H3,(H,25,26). The van der Waals surface area contributed by atoms with E-state index >= 15 is 0 Å². The van der Waals surface area contributed by atoms with Gasteiger partial charge >= 0.3 is 5.97 Å². The Balaban J connectivity index is 1.82. The molecular weight excluding hydrogens is 368 g/mol. The third-order valence-corrected chi connectivity index (χ3v) is 10.7. The molecule has 1 unspecified atom stereocenters. The Labute approximate surface area is 168 Å². The van der Waals surface area contributed by atoms with Gasteiger partial charge in [-0.15, -0.1) is 0 Å². The summed E-state index contributed by atoms with van der Waals surface area (Å²) in [6.45, 7) is 11.8. The Bertz CT molecular complexity index is 890. The summed E-state index contributed by atoms with van der Waals surface area (Å²) in [6, 6.07) is 9.59. The van der Waals surface area contributed by atoms with E-state index in [2.05, 4.69) is 49.8 Å². The molecule has 2 heterocycles. The van der Waals surface area contributed by atoms with Crippen LogP contribution in [0.2, 0.25) is 18.1 Å². The van der Waals surface area contributed by atoms with Crippen LogP contribution in [0.3, 0.4) is 0 Å². The zero-order valence-corrected chi connectivity index (χ0v) is 18.6. The maximum Gasteiger partial charge on any atom is 0.336 e. The van der Waals surface area contributed by atoms with Crippen LogP contribution in [-0.2, 0) is 17.5 Å². The molecule has 1 aliphatic heterocycles. The van der Waals surface area contributed by atoms with Gasteiger partial charge in [-0.3, -0.25) is 4.98 Å². The summed E-state index contributed by atoms with van der Waals surface area (Å²) in [5.41, 5.74) is 4.29. The molecule has 0 saturated heterocycles. The number of hydrogen-bond donors (Lipinski definition) is 1. The first-order valence-corrected chi connectivity index (χ1v) is 12.6. The molecule has 0 fully saturated rings. The smallest absolute Gasteiger partial charge is 0.336 e. The third kappa shape index (κ3) is 3.84. The average Bonchev–Trinajstić information content (AvgIpc) is 2.96. The molecule has 0 saturated carbocycles. The summed E-state index contributed by atoms with van der Waals surface area (Å²) in [5.74, 6) is -0.879. The van der Waals surface area contributed by atoms with Crippen LogP contribution in [0, 0.1) is 0 Å². The summed E-state index contributed by atoms with van der Waals surface area (Å²) < 4.78 is 6.36. The van der Waals surface area contributed by atoms with Crippen molar-refractivity contribution in [2.75, 3.05) is 11.9 Å². The SMILES string of the molecule is CN1c2cccc(C(=O)O)c2CC1c1cc(CO[Si](C)(C)C(C)(C)C)ccn1. The first-order chi connectivity index (χ1) is 13.0. The molecule has 2 aromatic rings. The lowest BCUT2D eigenvalue weighted by atomic mass is 10.0. The van der Waals surface area contributed by atoms with Crippen LogP contribution in [0.1, 0.15) is 54.0 Å². The molecule has 0 radical (unpaired) electrons. The Kier molecular flexibility index (Phi) is 5.38. The number of aromatic carboxylic acids is 1. The number of aromatic nitrogens is 1. The van der Waals surface area contributed by atoms with Crippen molar-refractivity contribution in [1.29, 1.82) is 0 Å². The van der Waals surface area contributed by atoms with E-state index in [1.165, 1.54) is 0 Å². The van der Waals surface area contributed by atoms with Crippen molar-refractivity contribution in [3.63, 3.8) is 0 Å². The van der Waals surface area contributed by atoms with Crippen LogP contribution >= 0.6 is 0 Å². The lowest BCUT2D eigenvalue weighted by Crippen LogP contribution is -2.40. The molecule has 28 heavy (non-hydrogen) atoms. The van der Waals surface area contributed by atoms with Crippen LogP contribution < -0.4 is 4.90 Å². The molecule has 150 valence electrons. The van der Waals surface area contributed by atoms with Crippen LogP contribution in [-0.4, -0.2) is 31.4 Å². The molecule has 1 atom stereocenters. The fraction of sp³-hybridized carbons (Fsp3) is 0.455. The van der Waals surface area contributed by atoms with Gasteiger partial charge in [-0.25, -0.2) is 4.79 Å². The quantitative estimate of drug-likeness (QED) is 0.715. The summed E-state index contributed by atoms with van der Waals surface area (Å²) >= 11 is 0. The average molecular weight is 399 g/mol. The lowest BCUT2D eigenvalue weighted by molar-refractivity contribution is 0.0696. The molecule has 0 bridgehead atoms. The molecule has 1 aliphatic rings. The maximum atomic E-state index is 11.6. The van der Waals surface area contributed by atoms with E-state index < -0.39 is 14.3 Å². The second kappa shape index (κ2) is 7.33. The third-order valence-electron chi connectivity index (χ3n) is 6.22. The number of fused-ring (bicyclic) bond motifs is 1. The molecule has 0 spiro atoms. The number of rotatable bonds is 5. The first kappa shape index (κ1) is 20.5. The highest BCUT2D eigenvalue weighted by atomic mass is 28.4. The number of carboxylic acids is 1. The second-order valence-corrected chi connectivity index (χ2v) is 13.9. The Morgan fingerprint density at radius 2 is 2.04 bits per heavy atom. The number of benzene rings is 1. The molecule has 0 amide bonds. The first-order valence-electron chi connectivity index (χ1n) is 9.68. The van der Waals surface area contributed by atoms with Crippen molar-refractivity contribution in [3.05, 3.63) is 58.9 Å². The predicted molar refractivity (Wildman–Crippen MR) is 114 cm³/mol. The van der Waals surface area contributed by atoms with Crippen molar-refractivity contribution in [2.45, 2.75) is 58.0 Å². The Morgan fingerprint density at radius 3 is 2.68 bits per heavy atom. The van der Waals surface area contributed by atoms with Crippen LogP contribution in [0.25, 0.3) is 0 Å². The molecule has 1 aromatic carbocycles. The highest BCUT2D eigenvalue weighted by molar-refractivity contribution is 6.74. The molecule has 3 rings (SSSR count). The molecule has 1 N–H and O–H groups in total. The van der Waals surface area contributed by atoms with Gasteiger partial charge in [-0.2, -0.15) is 0 Å². The van der Waals surface area contributed by atoms with E-state index in [0.717, 1.165) is 22.5 Å². The van der Waals surface area contributed by atoms with E-state index in [9.17, 15) is 9.90 Å². The monoisotopic (exact) mass is 398 g/mol. The van der Waals surface area contributed by atoms with E-state index in [-0.39, 0.29) is 11.1 Å². The van der Waals surface area contributed by atoms with Crippen LogP contribution in [0.4, 0.5) is 5.69 Å². The second-order valence-electron chi connectivity index (χ2n) is 9.08. The number of likely N-dealkylation sites (N-methyl/N-ethyl adjacent to an activating group) is 1. The number of nitrogens with zero attached hydrogens (tertiary/aromatic N) is 2. The van der Waals surface area contributed by atoms with E-state index in [0.29, 0.717) is 18.6 Å². The highest BCUT2D eigenvalue weighted by Gasteiger charge is 2.37. The van der Waals surface area contributed by atoms with Crippen molar-refractivity contribution in [2.24, 2.45) is 0 Å². The van der Waals surface area contributed by atoms with Gasteiger partial charge in [0.25, 0.3) is 0 Å². The summed E-state index contributed by atoms with van der Waals surface area (Å²) in [7, 11) is 0.185. The number of anilines is 1. The van der Waals surface area contributed by atoms with Gasteiger partial charge in [-0.1, -0.05) is 26.8 Å². The molecule has 5 nitrogen and oxygen atoms in total. The Morgan fingerprint density at radius 1 is 1.32 bits per heavy atom. The number of pyridine rings is 1. The van der Waals surface area contributed by atoms with E-state index in [1.54, 1.807) is 12.1 Å². The zero-order valence-electron chi connectivity index (χ0n) is 17.6. The molecular formula is C22H30N2O3Si. The van der Waals surface area contributed by atoms with Gasteiger partial charge in [0, 0.05) is 25.4 Å². The van der Waals surface area contributed by atoms with Crippen LogP contribution in [0.5, 0.6) is 0 Å². The number of carboxylic acid groups (broad SMARTS) is 1. The Hall–Kier alpha value is -2.18. The minimum absolute atomic E-state index is 0.0309. The fourth-order valence-corrected chi connectivity index (χ4v) is 4.33. The van der Waals surface area contributed by atoms with Gasteiger partial charge in [0.2, 0.25) is 0 Å². The van der Waals surface area contributed by atoms with E-state index in [4.69, 9.17) is 4.43 Å². The normalized spacial score (nSPS) is 16.9. The highest BCUT2D eigenvalue weighted by Crippen LogP contribution is 2.41. The summed E-state index contributed by atoms with van der Waals surface area (Å²) in [4.78, 5) is 18.3. The van der Waals surface area contributed by atoms with E-state index in [1.807, 2.05) is 25.4 Å². The predicted octanol–water partition coefficient (Wildman–Crippen LogP) is 5.04. The largest absolute Gasteiger partial charge is 0.478 e. The maximum absolute atomic E-state index is 11.6. The van der Waals surface area contributed by atoms with Gasteiger partial charge in [0.05, 0.1) is 23.9 Å². The van der Waals surface area contributed by atoms with Gasteiger partial charge in [0.1, 0.15) is 0 Å². The van der Waals surface area contributed by atoms with Crippen molar-refractivity contribution in [1.82, 2.24) is 4.98 Å². The topological polar surface area (TPSA) is 62.7 Å². The summed E-state index contributed by atoms with van der Waals surface area (Å²) in [6.07, 6.45) is 2.47. The minimum atomic E-state index is -1.82. The number of hydrogen-bond acceptors (Lipinski definition) is 4. The van der Waals surface area contributed by atoms with Gasteiger partial charge in [0.15, 0.2) is 8.32 Å². The fourth-order valence-electron chi connectivity index (χ4n) is 3.37. The minimum Gasteiger partial charge on any atom is -0.478 e. The molecule has 0 aliphatic carbocycles. The van der Waals surface area contributed by atoms with Crippen LogP contribution in [0.15, 0.2) is 36.5 Å².